The Hall–Kier alpha value is -3.88. The van der Waals surface area contributed by atoms with Crippen molar-refractivity contribution in [2.24, 2.45) is 5.92 Å². The first-order chi connectivity index (χ1) is 14.7. The zero-order valence-electron chi connectivity index (χ0n) is 17.0. The average Bonchev–Trinajstić information content (AvgIpc) is 2.71. The number of aromatic hydroxyl groups is 1. The number of nitrogens with zero attached hydrogens (tertiary/aromatic N) is 1. The Kier molecular flexibility index (Phi) is 6.24. The number of carbonyl (C=O) groups excluding carboxylic acids is 1. The van der Waals surface area contributed by atoms with Gasteiger partial charge in [0.15, 0.2) is 0 Å². The lowest BCUT2D eigenvalue weighted by molar-refractivity contribution is -0.142. The van der Waals surface area contributed by atoms with Crippen LogP contribution in [-0.2, 0) is 16.0 Å². The molecule has 2 aromatic carbocycles. The maximum atomic E-state index is 13.1. The van der Waals surface area contributed by atoms with Crippen LogP contribution >= 0.6 is 0 Å². The highest BCUT2D eigenvalue weighted by Crippen LogP contribution is 2.17. The molecule has 162 valence electrons. The van der Waals surface area contributed by atoms with Crippen LogP contribution in [0, 0.1) is 5.92 Å². The van der Waals surface area contributed by atoms with E-state index in [9.17, 15) is 29.4 Å². The first kappa shape index (κ1) is 21.8. The van der Waals surface area contributed by atoms with E-state index in [1.807, 2.05) is 0 Å². The number of carbonyl (C=O) groups is 2. The third-order valence-electron chi connectivity index (χ3n) is 5.01. The number of amides is 1. The highest BCUT2D eigenvalue weighted by Gasteiger charge is 2.31. The van der Waals surface area contributed by atoms with Gasteiger partial charge in [0.2, 0.25) is 5.91 Å². The van der Waals surface area contributed by atoms with Crippen LogP contribution in [0.15, 0.2) is 58.1 Å². The predicted octanol–water partition coefficient (Wildman–Crippen LogP) is 1.40. The molecule has 0 aliphatic rings. The van der Waals surface area contributed by atoms with Crippen molar-refractivity contribution in [1.29, 1.82) is 0 Å². The molecule has 0 fully saturated rings. The molecule has 1 amide bonds. The van der Waals surface area contributed by atoms with Crippen molar-refractivity contribution in [3.63, 3.8) is 0 Å². The number of rotatable bonds is 7. The molecule has 2 atom stereocenters. The molecule has 0 radical (unpaired) electrons. The van der Waals surface area contributed by atoms with Crippen LogP contribution in [0.2, 0.25) is 0 Å². The number of aromatic amines is 1. The number of phenols is 1. The van der Waals surface area contributed by atoms with Gasteiger partial charge in [-0.2, -0.15) is 0 Å². The summed E-state index contributed by atoms with van der Waals surface area (Å²) >= 11 is 0. The zero-order valence-corrected chi connectivity index (χ0v) is 17.0. The van der Waals surface area contributed by atoms with E-state index in [0.29, 0.717) is 11.1 Å². The minimum Gasteiger partial charge on any atom is -0.508 e. The third kappa shape index (κ3) is 4.66. The molecular weight excluding hydrogens is 402 g/mol. The topological polar surface area (TPSA) is 141 Å². The summed E-state index contributed by atoms with van der Waals surface area (Å²) in [6.45, 7) is 3.34. The summed E-state index contributed by atoms with van der Waals surface area (Å²) in [5, 5.41) is 21.7. The highest BCUT2D eigenvalue weighted by molar-refractivity contribution is 5.86. The molecule has 0 aliphatic heterocycles. The fraction of sp³-hybridized carbons (Fsp3) is 0.273. The van der Waals surface area contributed by atoms with Gasteiger partial charge in [-0.3, -0.25) is 9.59 Å². The van der Waals surface area contributed by atoms with Crippen LogP contribution in [0.5, 0.6) is 5.75 Å². The molecule has 0 saturated carbocycles. The molecule has 31 heavy (non-hydrogen) atoms. The Labute approximate surface area is 177 Å². The van der Waals surface area contributed by atoms with E-state index in [0.717, 1.165) is 4.57 Å². The highest BCUT2D eigenvalue weighted by atomic mass is 16.4. The van der Waals surface area contributed by atoms with Crippen molar-refractivity contribution >= 4 is 22.8 Å². The molecule has 3 rings (SSSR count). The van der Waals surface area contributed by atoms with Gasteiger partial charge in [0.1, 0.15) is 17.8 Å². The quantitative estimate of drug-likeness (QED) is 0.451. The van der Waals surface area contributed by atoms with Crippen LogP contribution < -0.4 is 16.6 Å². The van der Waals surface area contributed by atoms with Gasteiger partial charge in [0.25, 0.3) is 5.56 Å². The summed E-state index contributed by atoms with van der Waals surface area (Å²) in [7, 11) is 0. The van der Waals surface area contributed by atoms with Crippen molar-refractivity contribution < 1.29 is 19.8 Å². The van der Waals surface area contributed by atoms with E-state index in [4.69, 9.17) is 0 Å². The number of fused-ring (bicyclic) bond motifs is 1. The fourth-order valence-electron chi connectivity index (χ4n) is 3.47. The summed E-state index contributed by atoms with van der Waals surface area (Å²) in [5.41, 5.74) is -0.429. The Balaban J connectivity index is 1.96. The molecule has 9 heteroatoms. The molecule has 2 unspecified atom stereocenters. The lowest BCUT2D eigenvalue weighted by atomic mass is 10.0. The summed E-state index contributed by atoms with van der Waals surface area (Å²) in [6.07, 6.45) is -0.0326. The second-order valence-corrected chi connectivity index (χ2v) is 7.61. The monoisotopic (exact) mass is 425 g/mol. The number of aromatic nitrogens is 2. The maximum Gasteiger partial charge on any atom is 0.329 e. The third-order valence-corrected chi connectivity index (χ3v) is 5.01. The standard InChI is InChI=1S/C22H23N3O6/c1-12(2)18(25-20(28)15-5-3-4-6-16(15)24-22(25)31)19(27)23-17(21(29)30)11-13-7-9-14(26)10-8-13/h3-10,12,17-18,26H,11H2,1-2H3,(H,23,27)(H,24,31)(H,29,30). The number of aliphatic carboxylic acids is 1. The second-order valence-electron chi connectivity index (χ2n) is 7.61. The smallest absolute Gasteiger partial charge is 0.329 e. The van der Waals surface area contributed by atoms with Crippen LogP contribution in [0.1, 0.15) is 25.5 Å². The van der Waals surface area contributed by atoms with Crippen molar-refractivity contribution in [2.75, 3.05) is 0 Å². The van der Waals surface area contributed by atoms with Gasteiger partial charge in [-0.15, -0.1) is 0 Å². The number of para-hydroxylation sites is 1. The van der Waals surface area contributed by atoms with Crippen LogP contribution in [0.3, 0.4) is 0 Å². The van der Waals surface area contributed by atoms with E-state index in [1.165, 1.54) is 12.1 Å². The van der Waals surface area contributed by atoms with Gasteiger partial charge in [0.05, 0.1) is 10.9 Å². The van der Waals surface area contributed by atoms with Crippen molar-refractivity contribution in [1.82, 2.24) is 14.9 Å². The normalized spacial score (nSPS) is 13.1. The van der Waals surface area contributed by atoms with E-state index >= 15 is 0 Å². The van der Waals surface area contributed by atoms with Crippen LogP contribution in [0.25, 0.3) is 10.9 Å². The largest absolute Gasteiger partial charge is 0.508 e. The summed E-state index contributed by atoms with van der Waals surface area (Å²) < 4.78 is 0.835. The molecule has 9 nitrogen and oxygen atoms in total. The fourth-order valence-corrected chi connectivity index (χ4v) is 3.47. The van der Waals surface area contributed by atoms with Gasteiger partial charge in [-0.25, -0.2) is 14.2 Å². The minimum absolute atomic E-state index is 0.0326. The number of carboxylic acids is 1. The molecule has 0 bridgehead atoms. The Morgan fingerprint density at radius 3 is 2.32 bits per heavy atom. The van der Waals surface area contributed by atoms with E-state index < -0.39 is 41.1 Å². The van der Waals surface area contributed by atoms with Gasteiger partial charge < -0.3 is 20.5 Å². The second kappa shape index (κ2) is 8.86. The van der Waals surface area contributed by atoms with Crippen LogP contribution in [0.4, 0.5) is 0 Å². The van der Waals surface area contributed by atoms with Gasteiger partial charge in [0, 0.05) is 6.42 Å². The molecule has 4 N–H and O–H groups in total. The SMILES string of the molecule is CC(C)C(C(=O)NC(Cc1ccc(O)cc1)C(=O)O)n1c(=O)[nH]c2ccccc2c1=O. The number of H-pyrrole nitrogens is 1. The van der Waals surface area contributed by atoms with Crippen molar-refractivity contribution in [2.45, 2.75) is 32.4 Å². The molecular formula is C22H23N3O6. The van der Waals surface area contributed by atoms with E-state index in [1.54, 1.807) is 50.2 Å². The summed E-state index contributed by atoms with van der Waals surface area (Å²) in [6, 6.07) is 9.91. The van der Waals surface area contributed by atoms with E-state index in [2.05, 4.69) is 10.3 Å². The minimum atomic E-state index is -1.28. The van der Waals surface area contributed by atoms with Gasteiger partial charge >= 0.3 is 11.7 Å². The number of hydrogen-bond donors (Lipinski definition) is 4. The zero-order chi connectivity index (χ0) is 22.7. The Bertz CT molecular complexity index is 1230. The first-order valence-corrected chi connectivity index (χ1v) is 9.73. The first-order valence-electron chi connectivity index (χ1n) is 9.73. The lowest BCUT2D eigenvalue weighted by Crippen LogP contribution is -2.51. The van der Waals surface area contributed by atoms with Gasteiger partial charge in [-0.05, 0) is 35.7 Å². The molecule has 0 saturated heterocycles. The summed E-state index contributed by atoms with van der Waals surface area (Å²) in [5.74, 6) is -2.44. The number of benzene rings is 2. The maximum absolute atomic E-state index is 13.1. The Morgan fingerprint density at radius 1 is 1.06 bits per heavy atom. The van der Waals surface area contributed by atoms with Gasteiger partial charge in [-0.1, -0.05) is 38.1 Å². The number of phenolic OH excluding ortho intramolecular Hbond substituents is 1. The molecule has 1 heterocycles. The average molecular weight is 425 g/mol. The lowest BCUT2D eigenvalue weighted by Gasteiger charge is -2.24. The molecule has 3 aromatic rings. The number of hydrogen-bond acceptors (Lipinski definition) is 5. The molecule has 0 aliphatic carbocycles. The summed E-state index contributed by atoms with van der Waals surface area (Å²) in [4.78, 5) is 53.0. The molecule has 1 aromatic heterocycles. The number of carboxylic acid groups (broad SMARTS) is 1. The van der Waals surface area contributed by atoms with Crippen LogP contribution in [-0.4, -0.2) is 37.7 Å². The predicted molar refractivity (Wildman–Crippen MR) is 114 cm³/mol. The van der Waals surface area contributed by atoms with Crippen molar-refractivity contribution in [3.8, 4) is 5.75 Å². The van der Waals surface area contributed by atoms with Crippen molar-refractivity contribution in [3.05, 3.63) is 74.9 Å². The van der Waals surface area contributed by atoms with E-state index in [-0.39, 0.29) is 17.6 Å². The number of nitrogens with one attached hydrogen (secondary N) is 2. The molecule has 0 spiro atoms. The Morgan fingerprint density at radius 2 is 1.71 bits per heavy atom.